The van der Waals surface area contributed by atoms with Crippen LogP contribution in [0, 0.1) is 0 Å². The number of hydrogen-bond acceptors (Lipinski definition) is 3. The lowest BCUT2D eigenvalue weighted by atomic mass is 10.0. The van der Waals surface area contributed by atoms with Gasteiger partial charge in [-0.05, 0) is 36.6 Å². The second-order valence-corrected chi connectivity index (χ2v) is 4.61. The summed E-state index contributed by atoms with van der Waals surface area (Å²) in [5.41, 5.74) is 7.27. The van der Waals surface area contributed by atoms with Crippen molar-refractivity contribution in [3.8, 4) is 5.75 Å². The fraction of sp³-hybridized carbons (Fsp3) is 0.500. The van der Waals surface area contributed by atoms with Crippen molar-refractivity contribution in [1.29, 1.82) is 0 Å². The molecule has 0 saturated carbocycles. The summed E-state index contributed by atoms with van der Waals surface area (Å²) >= 11 is 0. The first-order valence-electron chi connectivity index (χ1n) is 6.54. The van der Waals surface area contributed by atoms with Crippen LogP contribution >= 0.6 is 0 Å². The number of nitrogens with two attached hydrogens (primary N) is 1. The number of carbonyl (C=O) groups excluding carboxylic acids is 1. The van der Waals surface area contributed by atoms with Gasteiger partial charge in [-0.3, -0.25) is 0 Å². The standard InChI is InChI=1S/C14H23N3O2/c1-10(2)11-5-6-13(19-8-4-7-15)12(9-11)17-14(18)16-3/h5-6,9-10H,4,7-8,15H2,1-3H3,(H2,16,17,18). The third kappa shape index (κ3) is 4.79. The van der Waals surface area contributed by atoms with Gasteiger partial charge >= 0.3 is 6.03 Å². The van der Waals surface area contributed by atoms with E-state index in [1.54, 1.807) is 7.05 Å². The number of benzene rings is 1. The lowest BCUT2D eigenvalue weighted by Gasteiger charge is -2.15. The number of carbonyl (C=O) groups is 1. The highest BCUT2D eigenvalue weighted by atomic mass is 16.5. The molecule has 0 spiro atoms. The molecule has 0 atom stereocenters. The van der Waals surface area contributed by atoms with Crippen LogP contribution in [0.4, 0.5) is 10.5 Å². The zero-order chi connectivity index (χ0) is 14.3. The van der Waals surface area contributed by atoms with E-state index in [1.165, 1.54) is 0 Å². The van der Waals surface area contributed by atoms with Gasteiger partial charge in [-0.15, -0.1) is 0 Å². The van der Waals surface area contributed by atoms with Gasteiger partial charge in [0, 0.05) is 7.05 Å². The van der Waals surface area contributed by atoms with Gasteiger partial charge in [-0.1, -0.05) is 19.9 Å². The summed E-state index contributed by atoms with van der Waals surface area (Å²) in [6, 6.07) is 5.58. The second-order valence-electron chi connectivity index (χ2n) is 4.61. The highest BCUT2D eigenvalue weighted by Gasteiger charge is 2.09. The van der Waals surface area contributed by atoms with Crippen molar-refractivity contribution in [2.24, 2.45) is 5.73 Å². The second kappa shape index (κ2) is 7.63. The molecule has 0 fully saturated rings. The van der Waals surface area contributed by atoms with Gasteiger partial charge in [-0.2, -0.15) is 0 Å². The minimum Gasteiger partial charge on any atom is -0.491 e. The van der Waals surface area contributed by atoms with Gasteiger partial charge in [0.15, 0.2) is 0 Å². The monoisotopic (exact) mass is 265 g/mol. The van der Waals surface area contributed by atoms with Crippen LogP contribution in [0.15, 0.2) is 18.2 Å². The van der Waals surface area contributed by atoms with Crippen LogP contribution in [0.25, 0.3) is 0 Å². The van der Waals surface area contributed by atoms with Crippen LogP contribution < -0.4 is 21.1 Å². The predicted molar refractivity (Wildman–Crippen MR) is 77.8 cm³/mol. The first kappa shape index (κ1) is 15.3. The Morgan fingerprint density at radius 3 is 2.74 bits per heavy atom. The fourth-order valence-corrected chi connectivity index (χ4v) is 1.58. The highest BCUT2D eigenvalue weighted by Crippen LogP contribution is 2.29. The third-order valence-electron chi connectivity index (χ3n) is 2.75. The van der Waals surface area contributed by atoms with Crippen LogP contribution in [0.5, 0.6) is 5.75 Å². The fourth-order valence-electron chi connectivity index (χ4n) is 1.58. The molecule has 4 N–H and O–H groups in total. The summed E-state index contributed by atoms with van der Waals surface area (Å²) in [7, 11) is 1.58. The Bertz CT molecular complexity index is 419. The molecule has 0 heterocycles. The van der Waals surface area contributed by atoms with Gasteiger partial charge in [-0.25, -0.2) is 4.79 Å². The van der Waals surface area contributed by atoms with Crippen molar-refractivity contribution in [3.63, 3.8) is 0 Å². The van der Waals surface area contributed by atoms with E-state index < -0.39 is 0 Å². The average molecular weight is 265 g/mol. The van der Waals surface area contributed by atoms with Crippen molar-refractivity contribution in [2.45, 2.75) is 26.2 Å². The highest BCUT2D eigenvalue weighted by molar-refractivity contribution is 5.90. The molecule has 106 valence electrons. The lowest BCUT2D eigenvalue weighted by molar-refractivity contribution is 0.253. The van der Waals surface area contributed by atoms with E-state index in [-0.39, 0.29) is 6.03 Å². The number of hydrogen-bond donors (Lipinski definition) is 3. The number of nitrogens with one attached hydrogen (secondary N) is 2. The van der Waals surface area contributed by atoms with Gasteiger partial charge in [0.05, 0.1) is 12.3 Å². The molecule has 0 radical (unpaired) electrons. The Morgan fingerprint density at radius 2 is 2.16 bits per heavy atom. The number of ether oxygens (including phenoxy) is 1. The molecule has 1 aromatic carbocycles. The van der Waals surface area contributed by atoms with Gasteiger partial charge in [0.2, 0.25) is 0 Å². The zero-order valence-corrected chi connectivity index (χ0v) is 11.8. The van der Waals surface area contributed by atoms with Crippen molar-refractivity contribution in [3.05, 3.63) is 23.8 Å². The summed E-state index contributed by atoms with van der Waals surface area (Å²) in [5.74, 6) is 1.06. The largest absolute Gasteiger partial charge is 0.491 e. The number of amides is 2. The summed E-state index contributed by atoms with van der Waals surface area (Å²) in [5, 5.41) is 5.31. The maximum atomic E-state index is 11.4. The van der Waals surface area contributed by atoms with E-state index in [1.807, 2.05) is 18.2 Å². The molecule has 0 unspecified atom stereocenters. The predicted octanol–water partition coefficient (Wildman–Crippen LogP) is 2.29. The average Bonchev–Trinajstić information content (AvgIpc) is 2.40. The molecule has 0 aliphatic heterocycles. The molecule has 2 amide bonds. The minimum absolute atomic E-state index is 0.260. The molecule has 19 heavy (non-hydrogen) atoms. The Hall–Kier alpha value is -1.75. The summed E-state index contributed by atoms with van der Waals surface area (Å²) in [6.07, 6.45) is 0.783. The molecular formula is C14H23N3O2. The summed E-state index contributed by atoms with van der Waals surface area (Å²) in [4.78, 5) is 11.4. The van der Waals surface area contributed by atoms with E-state index in [0.717, 1.165) is 12.0 Å². The smallest absolute Gasteiger partial charge is 0.319 e. The third-order valence-corrected chi connectivity index (χ3v) is 2.75. The number of anilines is 1. The van der Waals surface area contributed by atoms with E-state index in [4.69, 9.17) is 10.5 Å². The molecular weight excluding hydrogens is 242 g/mol. The lowest BCUT2D eigenvalue weighted by Crippen LogP contribution is -2.25. The Morgan fingerprint density at radius 1 is 1.42 bits per heavy atom. The summed E-state index contributed by atoms with van der Waals surface area (Å²) in [6.45, 7) is 5.34. The SMILES string of the molecule is CNC(=O)Nc1cc(C(C)C)ccc1OCCCN. The summed E-state index contributed by atoms with van der Waals surface area (Å²) < 4.78 is 5.64. The van der Waals surface area contributed by atoms with Crippen LogP contribution in [0.1, 0.15) is 31.7 Å². The molecule has 0 aromatic heterocycles. The Kier molecular flexibility index (Phi) is 6.15. The zero-order valence-electron chi connectivity index (χ0n) is 11.8. The topological polar surface area (TPSA) is 76.4 Å². The Balaban J connectivity index is 2.90. The maximum Gasteiger partial charge on any atom is 0.319 e. The van der Waals surface area contributed by atoms with Gasteiger partial charge in [0.25, 0.3) is 0 Å². The molecule has 1 aromatic rings. The molecule has 5 heteroatoms. The van der Waals surface area contributed by atoms with Crippen LogP contribution in [0.2, 0.25) is 0 Å². The number of urea groups is 1. The Labute approximate surface area is 114 Å². The van der Waals surface area contributed by atoms with Crippen molar-refractivity contribution in [1.82, 2.24) is 5.32 Å². The molecule has 0 saturated heterocycles. The quantitative estimate of drug-likeness (QED) is 0.691. The molecule has 0 aliphatic rings. The van der Waals surface area contributed by atoms with Crippen LogP contribution in [-0.4, -0.2) is 26.2 Å². The molecule has 1 rings (SSSR count). The van der Waals surface area contributed by atoms with Crippen molar-refractivity contribution in [2.75, 3.05) is 25.5 Å². The van der Waals surface area contributed by atoms with Gasteiger partial charge in [0.1, 0.15) is 5.75 Å². The van der Waals surface area contributed by atoms with Crippen LogP contribution in [0.3, 0.4) is 0 Å². The van der Waals surface area contributed by atoms with E-state index in [2.05, 4.69) is 24.5 Å². The van der Waals surface area contributed by atoms with Crippen molar-refractivity contribution < 1.29 is 9.53 Å². The molecule has 0 aliphatic carbocycles. The van der Waals surface area contributed by atoms with Crippen molar-refractivity contribution >= 4 is 11.7 Å². The maximum absolute atomic E-state index is 11.4. The first-order valence-corrected chi connectivity index (χ1v) is 6.54. The minimum atomic E-state index is -0.260. The van der Waals surface area contributed by atoms with Crippen LogP contribution in [-0.2, 0) is 0 Å². The molecule has 5 nitrogen and oxygen atoms in total. The van der Waals surface area contributed by atoms with E-state index in [0.29, 0.717) is 30.5 Å². The van der Waals surface area contributed by atoms with E-state index in [9.17, 15) is 4.79 Å². The number of rotatable bonds is 6. The first-order chi connectivity index (χ1) is 9.08. The van der Waals surface area contributed by atoms with E-state index >= 15 is 0 Å². The molecule has 0 bridgehead atoms. The normalized spacial score (nSPS) is 10.4. The van der Waals surface area contributed by atoms with Gasteiger partial charge < -0.3 is 21.1 Å².